The molecule has 1 aromatic carbocycles. The maximum atomic E-state index is 13.5. The number of anilines is 1. The minimum absolute atomic E-state index is 0.296. The molecule has 24 heavy (non-hydrogen) atoms. The lowest BCUT2D eigenvalue weighted by Gasteiger charge is -2.21. The predicted octanol–water partition coefficient (Wildman–Crippen LogP) is 3.26. The topological polar surface area (TPSA) is 46.3 Å². The van der Waals surface area contributed by atoms with Gasteiger partial charge < -0.3 is 4.90 Å². The molecule has 3 heterocycles. The molecule has 1 aliphatic rings. The molecule has 1 aliphatic heterocycles. The van der Waals surface area contributed by atoms with Crippen molar-refractivity contribution in [1.82, 2.24) is 19.8 Å². The summed E-state index contributed by atoms with van der Waals surface area (Å²) in [5.74, 6) is 2.37. The number of halogens is 1. The van der Waals surface area contributed by atoms with Gasteiger partial charge in [0.05, 0.1) is 0 Å². The normalized spacial score (nSPS) is 17.5. The SMILES string of the molecule is CN(CC1CCCS1)c1ccc2nnc(-c3cccc(F)c3)n2n1. The third-order valence-corrected chi connectivity index (χ3v) is 5.60. The van der Waals surface area contributed by atoms with Gasteiger partial charge in [0.15, 0.2) is 11.5 Å². The Hall–Kier alpha value is -2.15. The summed E-state index contributed by atoms with van der Waals surface area (Å²) in [6, 6.07) is 10.2. The first-order valence-corrected chi connectivity index (χ1v) is 9.07. The number of benzene rings is 1. The van der Waals surface area contributed by atoms with E-state index in [4.69, 9.17) is 0 Å². The minimum atomic E-state index is -0.296. The first kappa shape index (κ1) is 15.4. The summed E-state index contributed by atoms with van der Waals surface area (Å²) < 4.78 is 15.2. The van der Waals surface area contributed by atoms with Crippen molar-refractivity contribution < 1.29 is 4.39 Å². The first-order valence-electron chi connectivity index (χ1n) is 8.02. The van der Waals surface area contributed by atoms with Gasteiger partial charge in [0.2, 0.25) is 0 Å². The zero-order valence-electron chi connectivity index (χ0n) is 13.4. The van der Waals surface area contributed by atoms with E-state index in [9.17, 15) is 4.39 Å². The number of thioether (sulfide) groups is 1. The Kier molecular flexibility index (Phi) is 4.10. The van der Waals surface area contributed by atoms with Crippen LogP contribution in [0, 0.1) is 5.82 Å². The van der Waals surface area contributed by atoms with Gasteiger partial charge in [-0.3, -0.25) is 0 Å². The molecule has 1 fully saturated rings. The molecule has 5 nitrogen and oxygen atoms in total. The molecule has 0 amide bonds. The molecule has 1 saturated heterocycles. The van der Waals surface area contributed by atoms with E-state index in [1.807, 2.05) is 30.0 Å². The number of aromatic nitrogens is 4. The standard InChI is InChI=1S/C17H18FN5S/c1-22(11-14-6-3-9-24-14)16-8-7-15-19-20-17(23(15)21-16)12-4-2-5-13(18)10-12/h2,4-5,7-8,10,14H,3,6,9,11H2,1H3. The van der Waals surface area contributed by atoms with Crippen LogP contribution in [0.5, 0.6) is 0 Å². The lowest BCUT2D eigenvalue weighted by atomic mass is 10.2. The second kappa shape index (κ2) is 6.39. The van der Waals surface area contributed by atoms with E-state index in [1.165, 1.54) is 30.7 Å². The van der Waals surface area contributed by atoms with Crippen molar-refractivity contribution in [2.75, 3.05) is 24.2 Å². The summed E-state index contributed by atoms with van der Waals surface area (Å²) in [6.07, 6.45) is 2.56. The first-order chi connectivity index (χ1) is 11.7. The van der Waals surface area contributed by atoms with Crippen LogP contribution in [0.1, 0.15) is 12.8 Å². The van der Waals surface area contributed by atoms with Crippen LogP contribution >= 0.6 is 11.8 Å². The molecular weight excluding hydrogens is 325 g/mol. The summed E-state index contributed by atoms with van der Waals surface area (Å²) >= 11 is 2.03. The molecule has 124 valence electrons. The van der Waals surface area contributed by atoms with Crippen molar-refractivity contribution in [3.8, 4) is 11.4 Å². The van der Waals surface area contributed by atoms with Gasteiger partial charge >= 0.3 is 0 Å². The number of hydrogen-bond donors (Lipinski definition) is 0. The van der Waals surface area contributed by atoms with Gasteiger partial charge in [-0.1, -0.05) is 12.1 Å². The molecule has 2 aromatic heterocycles. The van der Waals surface area contributed by atoms with E-state index in [-0.39, 0.29) is 5.82 Å². The smallest absolute Gasteiger partial charge is 0.185 e. The van der Waals surface area contributed by atoms with Crippen LogP contribution < -0.4 is 4.90 Å². The third-order valence-electron chi connectivity index (χ3n) is 4.22. The van der Waals surface area contributed by atoms with Crippen molar-refractivity contribution >= 4 is 23.2 Å². The van der Waals surface area contributed by atoms with Gasteiger partial charge in [-0.2, -0.15) is 16.3 Å². The quantitative estimate of drug-likeness (QED) is 0.728. The van der Waals surface area contributed by atoms with Crippen molar-refractivity contribution in [3.05, 3.63) is 42.2 Å². The maximum Gasteiger partial charge on any atom is 0.185 e. The van der Waals surface area contributed by atoms with Crippen LogP contribution in [0.15, 0.2) is 36.4 Å². The number of hydrogen-bond acceptors (Lipinski definition) is 5. The Bertz CT molecular complexity index is 859. The lowest BCUT2D eigenvalue weighted by Crippen LogP contribution is -2.27. The summed E-state index contributed by atoms with van der Waals surface area (Å²) in [4.78, 5) is 2.16. The van der Waals surface area contributed by atoms with Crippen LogP contribution in [0.25, 0.3) is 17.0 Å². The van der Waals surface area contributed by atoms with Crippen LogP contribution in [-0.2, 0) is 0 Å². The molecular formula is C17H18FN5S. The molecule has 0 aliphatic carbocycles. The molecule has 0 N–H and O–H groups in total. The highest BCUT2D eigenvalue weighted by Crippen LogP contribution is 2.27. The predicted molar refractivity (Wildman–Crippen MR) is 94.9 cm³/mol. The van der Waals surface area contributed by atoms with Gasteiger partial charge in [-0.05, 0) is 42.9 Å². The molecule has 0 radical (unpaired) electrons. The molecule has 1 unspecified atom stereocenters. The Morgan fingerprint density at radius 2 is 2.21 bits per heavy atom. The maximum absolute atomic E-state index is 13.5. The number of nitrogens with zero attached hydrogens (tertiary/aromatic N) is 5. The molecule has 0 saturated carbocycles. The average molecular weight is 343 g/mol. The highest BCUT2D eigenvalue weighted by atomic mass is 32.2. The van der Waals surface area contributed by atoms with E-state index in [1.54, 1.807) is 10.6 Å². The zero-order valence-corrected chi connectivity index (χ0v) is 14.2. The molecule has 4 rings (SSSR count). The average Bonchev–Trinajstić information content (AvgIpc) is 3.23. The van der Waals surface area contributed by atoms with Gasteiger partial charge in [0.1, 0.15) is 11.6 Å². The monoisotopic (exact) mass is 343 g/mol. The van der Waals surface area contributed by atoms with Crippen molar-refractivity contribution in [3.63, 3.8) is 0 Å². The Labute approximate surface area is 143 Å². The third kappa shape index (κ3) is 2.96. The minimum Gasteiger partial charge on any atom is -0.357 e. The number of rotatable bonds is 4. The Morgan fingerprint density at radius 3 is 3.00 bits per heavy atom. The fraction of sp³-hybridized carbons (Fsp3) is 0.353. The van der Waals surface area contributed by atoms with Gasteiger partial charge in [0, 0.05) is 24.4 Å². The molecule has 0 bridgehead atoms. The van der Waals surface area contributed by atoms with E-state index in [2.05, 4.69) is 27.2 Å². The van der Waals surface area contributed by atoms with E-state index < -0.39 is 0 Å². The molecule has 1 atom stereocenters. The van der Waals surface area contributed by atoms with Crippen molar-refractivity contribution in [1.29, 1.82) is 0 Å². The Balaban J connectivity index is 1.67. The summed E-state index contributed by atoms with van der Waals surface area (Å²) in [7, 11) is 2.05. The van der Waals surface area contributed by atoms with Gasteiger partial charge in [-0.25, -0.2) is 4.39 Å². The second-order valence-electron chi connectivity index (χ2n) is 6.01. The van der Waals surface area contributed by atoms with Crippen molar-refractivity contribution in [2.45, 2.75) is 18.1 Å². The summed E-state index contributed by atoms with van der Waals surface area (Å²) in [5, 5.41) is 13.6. The fourth-order valence-electron chi connectivity index (χ4n) is 2.98. The van der Waals surface area contributed by atoms with Crippen LogP contribution in [0.2, 0.25) is 0 Å². The van der Waals surface area contributed by atoms with Gasteiger partial charge in [-0.15, -0.1) is 15.3 Å². The highest BCUT2D eigenvalue weighted by Gasteiger charge is 2.19. The zero-order chi connectivity index (χ0) is 16.5. The molecule has 7 heteroatoms. The Morgan fingerprint density at radius 1 is 1.29 bits per heavy atom. The summed E-state index contributed by atoms with van der Waals surface area (Å²) in [5.41, 5.74) is 1.32. The highest BCUT2D eigenvalue weighted by molar-refractivity contribution is 8.00. The van der Waals surface area contributed by atoms with E-state index >= 15 is 0 Å². The van der Waals surface area contributed by atoms with Gasteiger partial charge in [0.25, 0.3) is 0 Å². The molecule has 0 spiro atoms. The van der Waals surface area contributed by atoms with E-state index in [0.717, 1.165) is 12.4 Å². The van der Waals surface area contributed by atoms with Crippen LogP contribution in [0.4, 0.5) is 10.2 Å². The number of fused-ring (bicyclic) bond motifs is 1. The fourth-order valence-corrected chi connectivity index (χ4v) is 4.31. The largest absolute Gasteiger partial charge is 0.357 e. The van der Waals surface area contributed by atoms with Crippen molar-refractivity contribution in [2.24, 2.45) is 0 Å². The van der Waals surface area contributed by atoms with Crippen LogP contribution in [-0.4, -0.2) is 44.4 Å². The summed E-state index contributed by atoms with van der Waals surface area (Å²) in [6.45, 7) is 0.973. The van der Waals surface area contributed by atoms with Crippen LogP contribution in [0.3, 0.4) is 0 Å². The lowest BCUT2D eigenvalue weighted by molar-refractivity contribution is 0.628. The molecule has 3 aromatic rings. The van der Waals surface area contributed by atoms with E-state index in [0.29, 0.717) is 22.3 Å². The second-order valence-corrected chi connectivity index (χ2v) is 7.42.